The van der Waals surface area contributed by atoms with Crippen molar-refractivity contribution in [2.24, 2.45) is 0 Å². The molecule has 4 aromatic rings. The highest BCUT2D eigenvalue weighted by atomic mass is 32.2. The molecule has 0 aromatic heterocycles. The molecule has 0 aliphatic heterocycles. The number of carbonyl (C=O) groups is 3. The number of hydrogen-bond donors (Lipinski definition) is 3. The van der Waals surface area contributed by atoms with Crippen LogP contribution in [0.25, 0.3) is 6.08 Å². The molecule has 1 atom stereocenters. The van der Waals surface area contributed by atoms with Crippen molar-refractivity contribution in [3.63, 3.8) is 0 Å². The van der Waals surface area contributed by atoms with Gasteiger partial charge in [0, 0.05) is 52.2 Å². The number of anilines is 2. The lowest BCUT2D eigenvalue weighted by Gasteiger charge is -2.17. The van der Waals surface area contributed by atoms with Gasteiger partial charge in [-0.2, -0.15) is 0 Å². The summed E-state index contributed by atoms with van der Waals surface area (Å²) < 4.78 is 10.6. The van der Waals surface area contributed by atoms with Crippen LogP contribution in [-0.4, -0.2) is 42.1 Å². The van der Waals surface area contributed by atoms with Gasteiger partial charge in [-0.1, -0.05) is 31.2 Å². The predicted octanol–water partition coefficient (Wildman–Crippen LogP) is 6.53. The number of non-ortho nitro benzene ring substituents is 1. The standard InChI is InChI=1S/C34H32N4O7S/c1-4-31(34(41)36-25-18-27(44-2)21-28(19-25)45-3)46-29-12-8-11-24(20-29)35-33(40)30(37-32(39)23-9-6-5-7-10-23)17-22-13-15-26(16-14-22)38(42)43/h5-21,31H,4H2,1-3H3,(H,35,40)(H,36,41)(H,37,39)/b30-17+. The molecule has 4 rings (SSSR count). The Morgan fingerprint density at radius 3 is 2.13 bits per heavy atom. The maximum Gasteiger partial charge on any atom is 0.272 e. The number of amides is 3. The van der Waals surface area contributed by atoms with E-state index < -0.39 is 22.0 Å². The second-order valence-corrected chi connectivity index (χ2v) is 11.1. The normalized spacial score (nSPS) is 11.6. The van der Waals surface area contributed by atoms with Gasteiger partial charge < -0.3 is 25.4 Å². The molecule has 0 spiro atoms. The first-order valence-electron chi connectivity index (χ1n) is 14.1. The van der Waals surface area contributed by atoms with Crippen LogP contribution in [0.3, 0.4) is 0 Å². The number of nitrogens with zero attached hydrogens (tertiary/aromatic N) is 1. The Labute approximate surface area is 270 Å². The summed E-state index contributed by atoms with van der Waals surface area (Å²) in [6.07, 6.45) is 1.96. The zero-order valence-electron chi connectivity index (χ0n) is 25.3. The van der Waals surface area contributed by atoms with E-state index >= 15 is 0 Å². The number of methoxy groups -OCH3 is 2. The van der Waals surface area contributed by atoms with Gasteiger partial charge in [-0.05, 0) is 60.5 Å². The Bertz CT molecular complexity index is 1720. The van der Waals surface area contributed by atoms with Gasteiger partial charge in [0.15, 0.2) is 0 Å². The maximum atomic E-state index is 13.5. The van der Waals surface area contributed by atoms with Gasteiger partial charge in [-0.15, -0.1) is 11.8 Å². The molecule has 1 unspecified atom stereocenters. The van der Waals surface area contributed by atoms with Crippen LogP contribution in [0.2, 0.25) is 0 Å². The molecule has 236 valence electrons. The number of thioether (sulfide) groups is 1. The fourth-order valence-corrected chi connectivity index (χ4v) is 5.25. The zero-order chi connectivity index (χ0) is 33.1. The monoisotopic (exact) mass is 640 g/mol. The van der Waals surface area contributed by atoms with E-state index in [0.29, 0.717) is 40.4 Å². The van der Waals surface area contributed by atoms with Gasteiger partial charge in [-0.25, -0.2) is 0 Å². The number of ether oxygens (including phenoxy) is 2. The van der Waals surface area contributed by atoms with Crippen LogP contribution >= 0.6 is 11.8 Å². The molecule has 0 heterocycles. The summed E-state index contributed by atoms with van der Waals surface area (Å²) >= 11 is 1.33. The highest BCUT2D eigenvalue weighted by Gasteiger charge is 2.20. The Hall–Kier alpha value is -5.62. The molecule has 0 saturated heterocycles. The molecule has 0 aliphatic rings. The summed E-state index contributed by atoms with van der Waals surface area (Å²) in [5.74, 6) is -0.240. The second-order valence-electron chi connectivity index (χ2n) is 9.81. The fraction of sp³-hybridized carbons (Fsp3) is 0.147. The number of nitro benzene ring substituents is 1. The molecular formula is C34H32N4O7S. The quantitative estimate of drug-likeness (QED) is 0.0646. The predicted molar refractivity (Wildman–Crippen MR) is 178 cm³/mol. The minimum atomic E-state index is -0.610. The van der Waals surface area contributed by atoms with E-state index in [1.54, 1.807) is 66.7 Å². The summed E-state index contributed by atoms with van der Waals surface area (Å²) in [5.41, 5.74) is 1.62. The molecule has 11 nitrogen and oxygen atoms in total. The van der Waals surface area contributed by atoms with Crippen molar-refractivity contribution < 1.29 is 28.8 Å². The lowest BCUT2D eigenvalue weighted by Crippen LogP contribution is -2.30. The summed E-state index contributed by atoms with van der Waals surface area (Å²) in [6, 6.07) is 26.1. The third-order valence-corrected chi connectivity index (χ3v) is 7.95. The van der Waals surface area contributed by atoms with Crippen molar-refractivity contribution in [3.8, 4) is 11.5 Å². The van der Waals surface area contributed by atoms with Crippen molar-refractivity contribution in [3.05, 3.63) is 124 Å². The SMILES string of the molecule is CCC(Sc1cccc(NC(=O)/C(=C\c2ccc([N+](=O)[O-])cc2)NC(=O)c2ccccc2)c1)C(=O)Nc1cc(OC)cc(OC)c1. The second kappa shape index (κ2) is 15.9. The van der Waals surface area contributed by atoms with Gasteiger partial charge in [0.1, 0.15) is 17.2 Å². The van der Waals surface area contributed by atoms with Crippen LogP contribution in [0.15, 0.2) is 108 Å². The van der Waals surface area contributed by atoms with Crippen molar-refractivity contribution in [1.29, 1.82) is 0 Å². The zero-order valence-corrected chi connectivity index (χ0v) is 26.1. The van der Waals surface area contributed by atoms with Gasteiger partial charge in [0.05, 0.1) is 24.4 Å². The number of benzene rings is 4. The lowest BCUT2D eigenvalue weighted by molar-refractivity contribution is -0.384. The van der Waals surface area contributed by atoms with E-state index in [1.165, 1.54) is 56.3 Å². The first-order chi connectivity index (χ1) is 22.2. The van der Waals surface area contributed by atoms with Gasteiger partial charge in [0.2, 0.25) is 5.91 Å². The molecule has 3 amide bonds. The number of nitrogens with one attached hydrogen (secondary N) is 3. The van der Waals surface area contributed by atoms with Crippen molar-refractivity contribution >= 4 is 52.6 Å². The maximum absolute atomic E-state index is 13.5. The molecule has 0 aliphatic carbocycles. The molecule has 46 heavy (non-hydrogen) atoms. The van der Waals surface area contributed by atoms with E-state index in [4.69, 9.17) is 9.47 Å². The van der Waals surface area contributed by atoms with Crippen molar-refractivity contribution in [2.75, 3.05) is 24.9 Å². The molecule has 0 saturated carbocycles. The highest BCUT2D eigenvalue weighted by Crippen LogP contribution is 2.30. The Kier molecular flexibility index (Phi) is 11.5. The van der Waals surface area contributed by atoms with Crippen LogP contribution in [-0.2, 0) is 9.59 Å². The molecule has 0 fully saturated rings. The van der Waals surface area contributed by atoms with Crippen LogP contribution in [0, 0.1) is 10.1 Å². The number of carbonyl (C=O) groups excluding carboxylic acids is 3. The Morgan fingerprint density at radius 2 is 1.52 bits per heavy atom. The van der Waals surface area contributed by atoms with Crippen LogP contribution in [0.1, 0.15) is 29.3 Å². The van der Waals surface area contributed by atoms with Crippen LogP contribution in [0.4, 0.5) is 17.1 Å². The summed E-state index contributed by atoms with van der Waals surface area (Å²) in [5, 5.41) is 19.0. The van der Waals surface area contributed by atoms with Crippen molar-refractivity contribution in [2.45, 2.75) is 23.5 Å². The van der Waals surface area contributed by atoms with E-state index in [0.717, 1.165) is 4.90 Å². The number of nitro groups is 1. The smallest absolute Gasteiger partial charge is 0.272 e. The van der Waals surface area contributed by atoms with E-state index in [2.05, 4.69) is 16.0 Å². The molecular weight excluding hydrogens is 608 g/mol. The highest BCUT2D eigenvalue weighted by molar-refractivity contribution is 8.00. The van der Waals surface area contributed by atoms with Crippen molar-refractivity contribution in [1.82, 2.24) is 5.32 Å². The molecule has 4 aromatic carbocycles. The number of hydrogen-bond acceptors (Lipinski definition) is 8. The van der Waals surface area contributed by atoms with Crippen LogP contribution < -0.4 is 25.4 Å². The lowest BCUT2D eigenvalue weighted by atomic mass is 10.1. The summed E-state index contributed by atoms with van der Waals surface area (Å²) in [7, 11) is 3.06. The largest absolute Gasteiger partial charge is 0.497 e. The van der Waals surface area contributed by atoms with Gasteiger partial charge in [0.25, 0.3) is 17.5 Å². The molecule has 3 N–H and O–H groups in total. The fourth-order valence-electron chi connectivity index (χ4n) is 4.24. The third-order valence-electron chi connectivity index (χ3n) is 6.60. The molecule has 12 heteroatoms. The van der Waals surface area contributed by atoms with Crippen LogP contribution in [0.5, 0.6) is 11.5 Å². The van der Waals surface area contributed by atoms with E-state index in [9.17, 15) is 24.5 Å². The molecule has 0 radical (unpaired) electrons. The Morgan fingerprint density at radius 1 is 0.848 bits per heavy atom. The average molecular weight is 641 g/mol. The minimum absolute atomic E-state index is 0.0692. The summed E-state index contributed by atoms with van der Waals surface area (Å²) in [4.78, 5) is 50.9. The topological polar surface area (TPSA) is 149 Å². The Balaban J connectivity index is 1.51. The van der Waals surface area contributed by atoms with E-state index in [1.807, 2.05) is 13.0 Å². The number of rotatable bonds is 13. The summed E-state index contributed by atoms with van der Waals surface area (Å²) in [6.45, 7) is 1.90. The van der Waals surface area contributed by atoms with E-state index in [-0.39, 0.29) is 17.3 Å². The molecule has 0 bridgehead atoms. The first kappa shape index (κ1) is 33.3. The average Bonchev–Trinajstić information content (AvgIpc) is 3.07. The first-order valence-corrected chi connectivity index (χ1v) is 15.0. The third kappa shape index (κ3) is 9.19. The minimum Gasteiger partial charge on any atom is -0.497 e. The van der Waals surface area contributed by atoms with Gasteiger partial charge >= 0.3 is 0 Å². The van der Waals surface area contributed by atoms with Gasteiger partial charge in [-0.3, -0.25) is 24.5 Å².